The van der Waals surface area contributed by atoms with E-state index in [4.69, 9.17) is 4.84 Å². The Bertz CT molecular complexity index is 71.6. The smallest absolute Gasteiger partial charge is 0.0684 e. The molecule has 0 spiro atoms. The Morgan fingerprint density at radius 2 is 1.82 bits per heavy atom. The second-order valence-electron chi connectivity index (χ2n) is 3.54. The average Bonchev–Trinajstić information content (AvgIpc) is 1.85. The van der Waals surface area contributed by atoms with Crippen molar-refractivity contribution in [1.82, 2.24) is 5.06 Å². The van der Waals surface area contributed by atoms with Crippen LogP contribution < -0.4 is 0 Å². The van der Waals surface area contributed by atoms with Crippen molar-refractivity contribution < 1.29 is 4.84 Å². The third-order valence-corrected chi connectivity index (χ3v) is 1.53. The van der Waals surface area contributed by atoms with Gasteiger partial charge in [-0.3, -0.25) is 4.84 Å². The number of hydroxylamine groups is 2. The molecule has 0 atom stereocenters. The van der Waals surface area contributed by atoms with Crippen molar-refractivity contribution in [3.63, 3.8) is 0 Å². The van der Waals surface area contributed by atoms with Crippen LogP contribution in [-0.2, 0) is 4.84 Å². The molecule has 2 nitrogen and oxygen atoms in total. The fraction of sp³-hybridized carbons (Fsp3) is 1.00. The maximum atomic E-state index is 5.26. The fourth-order valence-electron chi connectivity index (χ4n) is 0.902. The van der Waals surface area contributed by atoms with Gasteiger partial charge in [-0.1, -0.05) is 26.7 Å². The summed E-state index contributed by atoms with van der Waals surface area (Å²) in [6.07, 6.45) is 3.78. The number of hydrogen-bond donors (Lipinski definition) is 0. The molecule has 68 valence electrons. The van der Waals surface area contributed by atoms with Gasteiger partial charge in [-0.15, -0.1) is 0 Å². The predicted molar refractivity (Wildman–Crippen MR) is 48.3 cm³/mol. The Morgan fingerprint density at radius 1 is 1.18 bits per heavy atom. The van der Waals surface area contributed by atoms with Crippen LogP contribution in [0.1, 0.15) is 33.1 Å². The molecular formula is C9H21NO. The first kappa shape index (κ1) is 10.9. The lowest BCUT2D eigenvalue weighted by Gasteiger charge is -2.10. The van der Waals surface area contributed by atoms with Crippen LogP contribution in [-0.4, -0.2) is 25.8 Å². The van der Waals surface area contributed by atoms with Crippen molar-refractivity contribution >= 4 is 0 Å². The average molecular weight is 159 g/mol. The molecule has 0 aromatic rings. The molecule has 0 radical (unpaired) electrons. The van der Waals surface area contributed by atoms with E-state index in [1.54, 1.807) is 5.06 Å². The van der Waals surface area contributed by atoms with Gasteiger partial charge in [-0.2, -0.15) is 5.06 Å². The molecule has 0 fully saturated rings. The van der Waals surface area contributed by atoms with Crippen molar-refractivity contribution in [2.24, 2.45) is 5.92 Å². The molecule has 0 aromatic carbocycles. The van der Waals surface area contributed by atoms with Crippen molar-refractivity contribution in [2.75, 3.05) is 20.7 Å². The SMILES string of the molecule is CC(C)CCCCON(C)C. The lowest BCUT2D eigenvalue weighted by Crippen LogP contribution is -2.13. The summed E-state index contributed by atoms with van der Waals surface area (Å²) < 4.78 is 0. The molecule has 2 heteroatoms. The van der Waals surface area contributed by atoms with Crippen molar-refractivity contribution in [2.45, 2.75) is 33.1 Å². The zero-order valence-electron chi connectivity index (χ0n) is 8.26. The molecule has 0 saturated carbocycles. The van der Waals surface area contributed by atoms with E-state index in [0.717, 1.165) is 12.5 Å². The van der Waals surface area contributed by atoms with Gasteiger partial charge in [0.1, 0.15) is 0 Å². The Labute approximate surface area is 70.5 Å². The maximum absolute atomic E-state index is 5.26. The third-order valence-electron chi connectivity index (χ3n) is 1.53. The molecule has 0 aromatic heterocycles. The van der Waals surface area contributed by atoms with Gasteiger partial charge in [0, 0.05) is 14.1 Å². The highest BCUT2D eigenvalue weighted by molar-refractivity contribution is 4.45. The highest BCUT2D eigenvalue weighted by atomic mass is 16.7. The monoisotopic (exact) mass is 159 g/mol. The van der Waals surface area contributed by atoms with Gasteiger partial charge < -0.3 is 0 Å². The quantitative estimate of drug-likeness (QED) is 0.435. The minimum atomic E-state index is 0.828. The van der Waals surface area contributed by atoms with Crippen molar-refractivity contribution in [3.05, 3.63) is 0 Å². The van der Waals surface area contributed by atoms with Gasteiger partial charge >= 0.3 is 0 Å². The molecular weight excluding hydrogens is 138 g/mol. The van der Waals surface area contributed by atoms with Crippen LogP contribution in [0, 0.1) is 5.92 Å². The van der Waals surface area contributed by atoms with Gasteiger partial charge in [0.25, 0.3) is 0 Å². The van der Waals surface area contributed by atoms with E-state index in [-0.39, 0.29) is 0 Å². The molecule has 0 N–H and O–H groups in total. The van der Waals surface area contributed by atoms with Crippen LogP contribution >= 0.6 is 0 Å². The molecule has 0 aliphatic carbocycles. The van der Waals surface area contributed by atoms with Gasteiger partial charge in [-0.25, -0.2) is 0 Å². The molecule has 0 bridgehead atoms. The first-order valence-electron chi connectivity index (χ1n) is 4.43. The first-order valence-corrected chi connectivity index (χ1v) is 4.43. The number of hydrogen-bond acceptors (Lipinski definition) is 2. The van der Waals surface area contributed by atoms with Gasteiger partial charge in [0.15, 0.2) is 0 Å². The Balaban J connectivity index is 2.91. The molecule has 0 heterocycles. The first-order chi connectivity index (χ1) is 5.13. The van der Waals surface area contributed by atoms with Gasteiger partial charge in [-0.05, 0) is 12.3 Å². The molecule has 0 unspecified atom stereocenters. The summed E-state index contributed by atoms with van der Waals surface area (Å²) in [5, 5.41) is 1.76. The minimum Gasteiger partial charge on any atom is -0.300 e. The van der Waals surface area contributed by atoms with Crippen LogP contribution in [0.5, 0.6) is 0 Å². The summed E-state index contributed by atoms with van der Waals surface area (Å²) >= 11 is 0. The van der Waals surface area contributed by atoms with E-state index >= 15 is 0 Å². The Hall–Kier alpha value is -0.0800. The van der Waals surface area contributed by atoms with Crippen LogP contribution in [0.3, 0.4) is 0 Å². The molecule has 0 saturated heterocycles. The van der Waals surface area contributed by atoms with Crippen LogP contribution in [0.2, 0.25) is 0 Å². The highest BCUT2D eigenvalue weighted by Crippen LogP contribution is 2.05. The second-order valence-corrected chi connectivity index (χ2v) is 3.54. The largest absolute Gasteiger partial charge is 0.300 e. The van der Waals surface area contributed by atoms with Crippen molar-refractivity contribution in [3.8, 4) is 0 Å². The van der Waals surface area contributed by atoms with Crippen LogP contribution in [0.15, 0.2) is 0 Å². The summed E-state index contributed by atoms with van der Waals surface area (Å²) in [6.45, 7) is 5.37. The second kappa shape index (κ2) is 6.62. The van der Waals surface area contributed by atoms with E-state index in [1.807, 2.05) is 14.1 Å². The van der Waals surface area contributed by atoms with E-state index in [9.17, 15) is 0 Å². The topological polar surface area (TPSA) is 12.5 Å². The zero-order valence-corrected chi connectivity index (χ0v) is 8.26. The van der Waals surface area contributed by atoms with Crippen LogP contribution in [0.25, 0.3) is 0 Å². The normalized spacial score (nSPS) is 11.5. The molecule has 0 amide bonds. The third kappa shape index (κ3) is 9.92. The zero-order chi connectivity index (χ0) is 8.69. The fourth-order valence-corrected chi connectivity index (χ4v) is 0.902. The van der Waals surface area contributed by atoms with E-state index in [1.165, 1.54) is 19.3 Å². The van der Waals surface area contributed by atoms with Gasteiger partial charge in [0.05, 0.1) is 6.61 Å². The summed E-state index contributed by atoms with van der Waals surface area (Å²) in [5.74, 6) is 0.828. The predicted octanol–water partition coefficient (Wildman–Crippen LogP) is 2.31. The standard InChI is InChI=1S/C9H21NO/c1-9(2)7-5-6-8-11-10(3)4/h9H,5-8H2,1-4H3. The Kier molecular flexibility index (Phi) is 6.57. The Morgan fingerprint density at radius 3 is 2.27 bits per heavy atom. The van der Waals surface area contributed by atoms with E-state index < -0.39 is 0 Å². The summed E-state index contributed by atoms with van der Waals surface area (Å²) in [6, 6.07) is 0. The molecule has 0 aliphatic heterocycles. The van der Waals surface area contributed by atoms with Gasteiger partial charge in [0.2, 0.25) is 0 Å². The van der Waals surface area contributed by atoms with E-state index in [2.05, 4.69) is 13.8 Å². The van der Waals surface area contributed by atoms with Crippen molar-refractivity contribution in [1.29, 1.82) is 0 Å². The number of rotatable bonds is 6. The lowest BCUT2D eigenvalue weighted by atomic mass is 10.1. The molecule has 0 aliphatic rings. The maximum Gasteiger partial charge on any atom is 0.0684 e. The lowest BCUT2D eigenvalue weighted by molar-refractivity contribution is -0.120. The number of unbranched alkanes of at least 4 members (excludes halogenated alkanes) is 1. The van der Waals surface area contributed by atoms with E-state index in [0.29, 0.717) is 0 Å². The molecule has 0 rings (SSSR count). The van der Waals surface area contributed by atoms with Crippen LogP contribution in [0.4, 0.5) is 0 Å². The highest BCUT2D eigenvalue weighted by Gasteiger charge is 1.94. The molecule has 11 heavy (non-hydrogen) atoms. The summed E-state index contributed by atoms with van der Waals surface area (Å²) in [7, 11) is 3.84. The minimum absolute atomic E-state index is 0.828. The summed E-state index contributed by atoms with van der Waals surface area (Å²) in [5.41, 5.74) is 0. The number of nitrogens with zero attached hydrogens (tertiary/aromatic N) is 1. The summed E-state index contributed by atoms with van der Waals surface area (Å²) in [4.78, 5) is 5.26.